The first-order chi connectivity index (χ1) is 20.6. The van der Waals surface area contributed by atoms with E-state index in [2.05, 4.69) is 6.92 Å². The number of hydrogen-bond donors (Lipinski definition) is 0. The van der Waals surface area contributed by atoms with E-state index < -0.39 is 75.6 Å². The first-order valence-corrected chi connectivity index (χ1v) is 15.2. The Morgan fingerprint density at radius 2 is 1.80 bits per heavy atom. The lowest BCUT2D eigenvalue weighted by molar-refractivity contribution is -0.231. The molecule has 3 aliphatic carbocycles. The van der Waals surface area contributed by atoms with Gasteiger partial charge in [0.15, 0.2) is 11.9 Å². The first kappa shape index (κ1) is 31.7. The number of hydrogen-bond acceptors (Lipinski definition) is 10. The predicted molar refractivity (Wildman–Crippen MR) is 155 cm³/mol. The molecule has 10 heteroatoms. The predicted octanol–water partition coefficient (Wildman–Crippen LogP) is 5.21. The molecule has 0 radical (unpaired) electrons. The van der Waals surface area contributed by atoms with E-state index in [-0.39, 0.29) is 18.8 Å². The van der Waals surface area contributed by atoms with E-state index >= 15 is 4.79 Å². The van der Waals surface area contributed by atoms with Crippen molar-refractivity contribution in [3.8, 4) is 0 Å². The molecule has 0 amide bonds. The number of allylic oxidation sites excluding steroid dienone is 2. The molecule has 3 fully saturated rings. The topological polar surface area (TPSA) is 135 Å². The van der Waals surface area contributed by atoms with Crippen molar-refractivity contribution in [1.29, 1.82) is 0 Å². The lowest BCUT2D eigenvalue weighted by atomic mass is 9.39. The standard InChI is InChI=1S/C34H42O10/c1-9-18(2)28(38)43-30-31(4,5)24(15-25(36)40-8)33(7)22-10-12-32(6)23(14-26(37)42-27(32)20-11-13-41-17-20)21(22)16-34(30,29(33)39)44-19(3)35/h9,11,13,16-17,22-24,27,30H,10,12,14-15H2,1-8H3/b18-9+/t22-,23-,24-,27-,30-,32+,33+,34-/m0/s1. The molecule has 2 saturated carbocycles. The lowest BCUT2D eigenvalue weighted by Crippen LogP contribution is -2.75. The Bertz CT molecular complexity index is 1450. The summed E-state index contributed by atoms with van der Waals surface area (Å²) in [4.78, 5) is 67.3. The van der Waals surface area contributed by atoms with Crippen LogP contribution in [-0.2, 0) is 42.9 Å². The molecule has 1 saturated heterocycles. The number of cyclic esters (lactones) is 1. The third-order valence-corrected chi connectivity index (χ3v) is 11.2. The summed E-state index contributed by atoms with van der Waals surface area (Å²) in [6.07, 6.45) is 5.61. The van der Waals surface area contributed by atoms with Crippen molar-refractivity contribution in [3.63, 3.8) is 0 Å². The third-order valence-electron chi connectivity index (χ3n) is 11.2. The van der Waals surface area contributed by atoms with Gasteiger partial charge in [-0.3, -0.25) is 19.2 Å². The zero-order chi connectivity index (χ0) is 32.4. The van der Waals surface area contributed by atoms with Crippen LogP contribution in [-0.4, -0.2) is 48.5 Å². The minimum atomic E-state index is -1.99. The Balaban J connectivity index is 1.78. The molecule has 238 valence electrons. The van der Waals surface area contributed by atoms with Crippen molar-refractivity contribution < 1.29 is 47.3 Å². The average molecular weight is 611 g/mol. The number of carbonyl (C=O) groups excluding carboxylic acids is 5. The van der Waals surface area contributed by atoms with Crippen molar-refractivity contribution >= 4 is 29.7 Å². The highest BCUT2D eigenvalue weighted by Crippen LogP contribution is 2.69. The van der Waals surface area contributed by atoms with Crippen LogP contribution >= 0.6 is 0 Å². The van der Waals surface area contributed by atoms with Crippen LogP contribution in [0.3, 0.4) is 0 Å². The van der Waals surface area contributed by atoms with Gasteiger partial charge in [0, 0.05) is 40.7 Å². The van der Waals surface area contributed by atoms with Gasteiger partial charge >= 0.3 is 23.9 Å². The minimum absolute atomic E-state index is 0.0564. The zero-order valence-corrected chi connectivity index (χ0v) is 26.7. The van der Waals surface area contributed by atoms with E-state index in [4.69, 9.17) is 23.4 Å². The Morgan fingerprint density at radius 3 is 2.39 bits per heavy atom. The summed E-state index contributed by atoms with van der Waals surface area (Å²) < 4.78 is 28.6. The van der Waals surface area contributed by atoms with Crippen LogP contribution in [0.2, 0.25) is 0 Å². The van der Waals surface area contributed by atoms with Gasteiger partial charge in [0.05, 0.1) is 26.1 Å². The Morgan fingerprint density at radius 1 is 1.09 bits per heavy atom. The fourth-order valence-corrected chi connectivity index (χ4v) is 8.93. The number of carbonyl (C=O) groups is 5. The molecule has 0 unspecified atom stereocenters. The number of fused-ring (bicyclic) bond motifs is 6. The van der Waals surface area contributed by atoms with Crippen LogP contribution < -0.4 is 0 Å². The van der Waals surface area contributed by atoms with E-state index in [1.54, 1.807) is 38.3 Å². The molecule has 8 atom stereocenters. The molecule has 44 heavy (non-hydrogen) atoms. The van der Waals surface area contributed by atoms with Crippen molar-refractivity contribution in [2.24, 2.45) is 34.0 Å². The minimum Gasteiger partial charge on any atom is -0.472 e. The summed E-state index contributed by atoms with van der Waals surface area (Å²) in [5, 5.41) is 0. The third kappa shape index (κ3) is 4.46. The summed E-state index contributed by atoms with van der Waals surface area (Å²) in [6, 6.07) is 1.78. The van der Waals surface area contributed by atoms with Gasteiger partial charge in [0.25, 0.3) is 0 Å². The van der Waals surface area contributed by atoms with Gasteiger partial charge in [-0.05, 0) is 56.6 Å². The van der Waals surface area contributed by atoms with E-state index in [0.29, 0.717) is 18.4 Å². The number of Topliss-reactive ketones (excluding diaryl/α,β-unsaturated/α-hetero) is 1. The number of ketones is 1. The first-order valence-electron chi connectivity index (χ1n) is 15.2. The van der Waals surface area contributed by atoms with Gasteiger partial charge in [-0.15, -0.1) is 0 Å². The number of esters is 4. The Hall–Kier alpha value is -3.69. The largest absolute Gasteiger partial charge is 0.472 e. The summed E-state index contributed by atoms with van der Waals surface area (Å²) in [5.74, 6) is -4.15. The highest BCUT2D eigenvalue weighted by molar-refractivity contribution is 6.01. The highest BCUT2D eigenvalue weighted by Gasteiger charge is 2.75. The fourth-order valence-electron chi connectivity index (χ4n) is 8.93. The van der Waals surface area contributed by atoms with Crippen molar-refractivity contribution in [1.82, 2.24) is 0 Å². The summed E-state index contributed by atoms with van der Waals surface area (Å²) in [5.41, 5.74) is -3.01. The molecule has 1 aliphatic heterocycles. The number of methoxy groups -OCH3 is 1. The molecule has 5 rings (SSSR count). The van der Waals surface area contributed by atoms with E-state index in [1.807, 2.05) is 20.8 Å². The summed E-state index contributed by atoms with van der Waals surface area (Å²) >= 11 is 0. The van der Waals surface area contributed by atoms with Gasteiger partial charge in [-0.2, -0.15) is 0 Å². The molecular weight excluding hydrogens is 568 g/mol. The molecule has 0 spiro atoms. The van der Waals surface area contributed by atoms with Gasteiger partial charge < -0.3 is 23.4 Å². The van der Waals surface area contributed by atoms with Crippen LogP contribution in [0.5, 0.6) is 0 Å². The normalized spacial score (nSPS) is 37.5. The maximum Gasteiger partial charge on any atom is 0.333 e. The van der Waals surface area contributed by atoms with Crippen molar-refractivity contribution in [2.75, 3.05) is 7.11 Å². The van der Waals surface area contributed by atoms with Gasteiger partial charge in [0.1, 0.15) is 6.10 Å². The molecule has 1 aromatic heterocycles. The maximum atomic E-state index is 15.0. The molecule has 2 heterocycles. The number of ether oxygens (including phenoxy) is 4. The smallest absolute Gasteiger partial charge is 0.333 e. The molecular formula is C34H42O10. The van der Waals surface area contributed by atoms with E-state index in [1.165, 1.54) is 20.3 Å². The van der Waals surface area contributed by atoms with Crippen LogP contribution in [0.1, 0.15) is 85.8 Å². The van der Waals surface area contributed by atoms with Gasteiger partial charge in [-0.25, -0.2) is 4.79 Å². The van der Waals surface area contributed by atoms with Crippen molar-refractivity contribution in [3.05, 3.63) is 47.5 Å². The Labute approximate surface area is 257 Å². The zero-order valence-electron chi connectivity index (χ0n) is 26.7. The fraction of sp³-hybridized carbons (Fsp3) is 0.618. The maximum absolute atomic E-state index is 15.0. The molecule has 0 aromatic carbocycles. The number of furan rings is 1. The quantitative estimate of drug-likeness (QED) is 0.183. The lowest BCUT2D eigenvalue weighted by Gasteiger charge is -2.66. The SMILES string of the molecule is C/C=C(\C)C(=O)O[C@H]1C(C)(C)[C@H](CC(=O)OC)[C@]2(C)C(=O)[C@@]1(OC(C)=O)C=C1[C@@H]3CC(=O)O[C@@H](c4ccoc4)[C@]3(C)CC[C@@H]12. The van der Waals surface area contributed by atoms with E-state index in [0.717, 1.165) is 11.1 Å². The van der Waals surface area contributed by atoms with Crippen LogP contribution in [0, 0.1) is 34.0 Å². The van der Waals surface area contributed by atoms with Gasteiger partial charge in [0.2, 0.25) is 5.60 Å². The van der Waals surface area contributed by atoms with Crippen LogP contribution in [0.15, 0.2) is 46.3 Å². The van der Waals surface area contributed by atoms with Gasteiger partial charge in [-0.1, -0.05) is 39.3 Å². The molecule has 1 aromatic rings. The average Bonchev–Trinajstić information content (AvgIpc) is 3.50. The van der Waals surface area contributed by atoms with E-state index in [9.17, 15) is 19.2 Å². The van der Waals surface area contributed by atoms with Crippen LogP contribution in [0.25, 0.3) is 0 Å². The highest BCUT2D eigenvalue weighted by atomic mass is 16.6. The molecule has 10 nitrogen and oxygen atoms in total. The summed E-state index contributed by atoms with van der Waals surface area (Å²) in [6.45, 7) is 12.1. The molecule has 4 aliphatic rings. The summed E-state index contributed by atoms with van der Waals surface area (Å²) in [7, 11) is 1.29. The monoisotopic (exact) mass is 610 g/mol. The second-order valence-electron chi connectivity index (χ2n) is 13.8. The number of rotatable bonds is 6. The second-order valence-corrected chi connectivity index (χ2v) is 13.8. The molecule has 0 N–H and O–H groups in total. The molecule has 2 bridgehead atoms. The van der Waals surface area contributed by atoms with Crippen molar-refractivity contribution in [2.45, 2.75) is 92.0 Å². The Kier molecular flexibility index (Phi) is 7.74. The second kappa shape index (κ2) is 10.7. The van der Waals surface area contributed by atoms with Crippen LogP contribution in [0.4, 0.5) is 0 Å².